The number of carbonyl (C=O) groups excluding carboxylic acids is 1. The number of halogens is 1. The van der Waals surface area contributed by atoms with Gasteiger partial charge in [0, 0.05) is 17.9 Å². The van der Waals surface area contributed by atoms with Crippen LogP contribution >= 0.6 is 11.6 Å². The predicted octanol–water partition coefficient (Wildman–Crippen LogP) is 4.91. The first kappa shape index (κ1) is 16.0. The first-order valence-corrected chi connectivity index (χ1v) is 7.28. The number of rotatable bonds is 7. The molecule has 0 atom stereocenters. The van der Waals surface area contributed by atoms with Crippen LogP contribution in [0.4, 0.5) is 0 Å². The molecule has 0 N–H and O–H groups in total. The number of hydrogen-bond donors (Lipinski definition) is 0. The topological polar surface area (TPSA) is 26.3 Å². The lowest BCUT2D eigenvalue weighted by molar-refractivity contribution is -0.118. The Labute approximate surface area is 121 Å². The van der Waals surface area contributed by atoms with Crippen molar-refractivity contribution in [3.8, 4) is 5.75 Å². The lowest BCUT2D eigenvalue weighted by Crippen LogP contribution is -2.04. The molecule has 0 unspecified atom stereocenters. The van der Waals surface area contributed by atoms with Gasteiger partial charge in [-0.3, -0.25) is 4.79 Å². The highest BCUT2D eigenvalue weighted by Gasteiger charge is 2.11. The molecule has 0 aliphatic carbocycles. The highest BCUT2D eigenvalue weighted by atomic mass is 35.5. The molecule has 0 bridgehead atoms. The fourth-order valence-electron chi connectivity index (χ4n) is 1.87. The molecule has 0 saturated heterocycles. The van der Waals surface area contributed by atoms with E-state index in [-0.39, 0.29) is 0 Å². The van der Waals surface area contributed by atoms with Crippen LogP contribution in [0.15, 0.2) is 12.1 Å². The van der Waals surface area contributed by atoms with Crippen molar-refractivity contribution in [2.24, 2.45) is 0 Å². The Morgan fingerprint density at radius 2 is 2.05 bits per heavy atom. The van der Waals surface area contributed by atoms with E-state index in [1.165, 1.54) is 0 Å². The van der Waals surface area contributed by atoms with E-state index in [0.29, 0.717) is 31.1 Å². The van der Waals surface area contributed by atoms with Gasteiger partial charge in [0.05, 0.1) is 6.61 Å². The second kappa shape index (κ2) is 7.54. The molecule has 0 aliphatic heterocycles. The summed E-state index contributed by atoms with van der Waals surface area (Å²) < 4.78 is 5.82. The van der Waals surface area contributed by atoms with Crippen molar-refractivity contribution >= 4 is 17.4 Å². The van der Waals surface area contributed by atoms with Crippen LogP contribution in [0.3, 0.4) is 0 Å². The van der Waals surface area contributed by atoms with E-state index in [9.17, 15) is 4.79 Å². The van der Waals surface area contributed by atoms with E-state index in [1.54, 1.807) is 0 Å². The third-order valence-corrected chi connectivity index (χ3v) is 3.57. The number of hydrogen-bond acceptors (Lipinski definition) is 2. The highest BCUT2D eigenvalue weighted by molar-refractivity contribution is 6.31. The number of Topliss-reactive ketones (excluding diaryl/α,β-unsaturated/α-hetero) is 1. The monoisotopic (exact) mass is 282 g/mol. The molecule has 0 aliphatic rings. The van der Waals surface area contributed by atoms with Gasteiger partial charge in [0.1, 0.15) is 11.5 Å². The highest BCUT2D eigenvalue weighted by Crippen LogP contribution is 2.32. The van der Waals surface area contributed by atoms with Gasteiger partial charge in [-0.2, -0.15) is 0 Å². The Hall–Kier alpha value is -1.02. The molecule has 1 aromatic carbocycles. The van der Waals surface area contributed by atoms with E-state index in [2.05, 4.69) is 13.8 Å². The predicted molar refractivity (Wildman–Crippen MR) is 80.3 cm³/mol. The normalized spacial score (nSPS) is 10.8. The Bertz CT molecular complexity index is 439. The summed E-state index contributed by atoms with van der Waals surface area (Å²) in [5.74, 6) is 1.55. The first-order valence-electron chi connectivity index (χ1n) is 6.90. The number of ketones is 1. The quantitative estimate of drug-likeness (QED) is 0.664. The van der Waals surface area contributed by atoms with Crippen LogP contribution in [0.1, 0.15) is 57.1 Å². The molecule has 2 nitrogen and oxygen atoms in total. The third-order valence-electron chi connectivity index (χ3n) is 3.16. The lowest BCUT2D eigenvalue weighted by Gasteiger charge is -2.15. The van der Waals surface area contributed by atoms with E-state index in [0.717, 1.165) is 28.3 Å². The van der Waals surface area contributed by atoms with Crippen LogP contribution in [0.2, 0.25) is 5.02 Å². The summed E-state index contributed by atoms with van der Waals surface area (Å²) in [7, 11) is 0. The smallest absolute Gasteiger partial charge is 0.132 e. The van der Waals surface area contributed by atoms with Crippen LogP contribution in [-0.4, -0.2) is 12.4 Å². The summed E-state index contributed by atoms with van der Waals surface area (Å²) >= 11 is 6.15. The first-order chi connectivity index (χ1) is 8.95. The third kappa shape index (κ3) is 4.87. The summed E-state index contributed by atoms with van der Waals surface area (Å²) in [5, 5.41) is 0.775. The van der Waals surface area contributed by atoms with E-state index in [4.69, 9.17) is 16.3 Å². The van der Waals surface area contributed by atoms with Crippen molar-refractivity contribution in [2.45, 2.75) is 52.9 Å². The van der Waals surface area contributed by atoms with Gasteiger partial charge in [0.15, 0.2) is 0 Å². The molecule has 0 fully saturated rings. The van der Waals surface area contributed by atoms with Crippen LogP contribution in [0, 0.1) is 6.92 Å². The second-order valence-corrected chi connectivity index (χ2v) is 5.55. The molecule has 0 heterocycles. The summed E-state index contributed by atoms with van der Waals surface area (Å²) in [5.41, 5.74) is 2.14. The molecule has 0 aromatic heterocycles. The van der Waals surface area contributed by atoms with Gasteiger partial charge in [-0.1, -0.05) is 32.4 Å². The summed E-state index contributed by atoms with van der Waals surface area (Å²) in [6.07, 6.45) is 1.98. The number of carbonyl (C=O) groups is 1. The van der Waals surface area contributed by atoms with Crippen molar-refractivity contribution < 1.29 is 9.53 Å². The molecule has 0 radical (unpaired) electrons. The maximum absolute atomic E-state index is 11.2. The maximum atomic E-state index is 11.2. The SMILES string of the molecule is CCC(=O)CCCOc1cc(C)c(Cl)cc1C(C)C. The average Bonchev–Trinajstić information content (AvgIpc) is 2.37. The molecule has 19 heavy (non-hydrogen) atoms. The van der Waals surface area contributed by atoms with Gasteiger partial charge in [-0.15, -0.1) is 0 Å². The Morgan fingerprint density at radius 1 is 1.37 bits per heavy atom. The Morgan fingerprint density at radius 3 is 2.63 bits per heavy atom. The molecule has 3 heteroatoms. The van der Waals surface area contributed by atoms with E-state index in [1.807, 2.05) is 26.0 Å². The zero-order chi connectivity index (χ0) is 14.4. The lowest BCUT2D eigenvalue weighted by atomic mass is 10.0. The van der Waals surface area contributed by atoms with Crippen LogP contribution in [-0.2, 0) is 4.79 Å². The fraction of sp³-hybridized carbons (Fsp3) is 0.562. The zero-order valence-corrected chi connectivity index (χ0v) is 13.0. The van der Waals surface area contributed by atoms with Gasteiger partial charge in [0.25, 0.3) is 0 Å². The maximum Gasteiger partial charge on any atom is 0.132 e. The van der Waals surface area contributed by atoms with Crippen molar-refractivity contribution in [1.29, 1.82) is 0 Å². The number of aryl methyl sites for hydroxylation is 1. The van der Waals surface area contributed by atoms with Crippen molar-refractivity contribution in [3.05, 3.63) is 28.3 Å². The Balaban J connectivity index is 2.66. The van der Waals surface area contributed by atoms with Crippen molar-refractivity contribution in [1.82, 2.24) is 0 Å². The van der Waals surface area contributed by atoms with Crippen molar-refractivity contribution in [2.75, 3.05) is 6.61 Å². The molecule has 0 saturated carbocycles. The molecule has 0 spiro atoms. The molecular weight excluding hydrogens is 260 g/mol. The molecule has 1 rings (SSSR count). The van der Waals surface area contributed by atoms with Gasteiger partial charge in [-0.25, -0.2) is 0 Å². The summed E-state index contributed by atoms with van der Waals surface area (Å²) in [6, 6.07) is 3.97. The van der Waals surface area contributed by atoms with Gasteiger partial charge in [-0.05, 0) is 42.5 Å². The molecule has 0 amide bonds. The minimum Gasteiger partial charge on any atom is -0.493 e. The van der Waals surface area contributed by atoms with Gasteiger partial charge >= 0.3 is 0 Å². The number of benzene rings is 1. The molecule has 1 aromatic rings. The molecule has 106 valence electrons. The van der Waals surface area contributed by atoms with E-state index < -0.39 is 0 Å². The van der Waals surface area contributed by atoms with Gasteiger partial charge < -0.3 is 4.74 Å². The summed E-state index contributed by atoms with van der Waals surface area (Å²) in [4.78, 5) is 11.2. The average molecular weight is 283 g/mol. The second-order valence-electron chi connectivity index (χ2n) is 5.14. The van der Waals surface area contributed by atoms with Crippen LogP contribution in [0.25, 0.3) is 0 Å². The minimum atomic E-state index is 0.292. The molecular formula is C16H23ClO2. The van der Waals surface area contributed by atoms with E-state index >= 15 is 0 Å². The summed E-state index contributed by atoms with van der Waals surface area (Å²) in [6.45, 7) is 8.68. The minimum absolute atomic E-state index is 0.292. The Kier molecular flexibility index (Phi) is 6.36. The largest absolute Gasteiger partial charge is 0.493 e. The number of ether oxygens (including phenoxy) is 1. The standard InChI is InChI=1S/C16H23ClO2/c1-5-13(18)7-6-8-19-16-9-12(4)15(17)10-14(16)11(2)3/h9-11H,5-8H2,1-4H3. The van der Waals surface area contributed by atoms with Crippen LogP contribution < -0.4 is 4.74 Å². The van der Waals surface area contributed by atoms with Crippen LogP contribution in [0.5, 0.6) is 5.75 Å². The fourth-order valence-corrected chi connectivity index (χ4v) is 2.05. The van der Waals surface area contributed by atoms with Crippen molar-refractivity contribution in [3.63, 3.8) is 0 Å². The zero-order valence-electron chi connectivity index (χ0n) is 12.3. The van der Waals surface area contributed by atoms with Gasteiger partial charge in [0.2, 0.25) is 0 Å².